The lowest BCUT2D eigenvalue weighted by Crippen LogP contribution is -2.31. The zero-order chi connectivity index (χ0) is 13.9. The lowest BCUT2D eigenvalue weighted by Gasteiger charge is -2.17. The van der Waals surface area contributed by atoms with Crippen LogP contribution in [-0.4, -0.2) is 30.9 Å². The minimum absolute atomic E-state index is 0.0128. The van der Waals surface area contributed by atoms with Crippen LogP contribution in [0.2, 0.25) is 0 Å². The Hall–Kier alpha value is -1.16. The van der Waals surface area contributed by atoms with Gasteiger partial charge in [0.25, 0.3) is 0 Å². The van der Waals surface area contributed by atoms with Crippen molar-refractivity contribution in [1.82, 2.24) is 5.32 Å². The van der Waals surface area contributed by atoms with Gasteiger partial charge in [0.1, 0.15) is 0 Å². The molecule has 0 heterocycles. The Labute approximate surface area is 116 Å². The predicted octanol–water partition coefficient (Wildman–Crippen LogP) is 2.68. The molecular formula is C16H25NO2. The summed E-state index contributed by atoms with van der Waals surface area (Å²) < 4.78 is 5.66. The molecular weight excluding hydrogens is 238 g/mol. The van der Waals surface area contributed by atoms with E-state index < -0.39 is 6.10 Å². The van der Waals surface area contributed by atoms with Gasteiger partial charge in [-0.1, -0.05) is 42.5 Å². The summed E-state index contributed by atoms with van der Waals surface area (Å²) in [6.07, 6.45) is 4.68. The standard InChI is InChI=1S/C16H25NO2/c1-3-4-8-11-17-12-16(18)13-19-14(2)15-9-6-5-7-10-15/h3-7,9-10,14,16-18H,8,11-13H2,1-2H3/b4-3+. The highest BCUT2D eigenvalue weighted by atomic mass is 16.5. The van der Waals surface area contributed by atoms with Gasteiger partial charge in [0, 0.05) is 6.54 Å². The molecule has 0 saturated carbocycles. The molecule has 2 unspecified atom stereocenters. The molecule has 1 aromatic carbocycles. The summed E-state index contributed by atoms with van der Waals surface area (Å²) in [4.78, 5) is 0. The number of ether oxygens (including phenoxy) is 1. The Morgan fingerprint density at radius 1 is 1.32 bits per heavy atom. The Morgan fingerprint density at radius 2 is 2.05 bits per heavy atom. The zero-order valence-electron chi connectivity index (χ0n) is 11.9. The minimum atomic E-state index is -0.461. The van der Waals surface area contributed by atoms with Crippen LogP contribution >= 0.6 is 0 Å². The third-order valence-electron chi connectivity index (χ3n) is 2.91. The van der Waals surface area contributed by atoms with Crippen LogP contribution in [-0.2, 0) is 4.74 Å². The second-order valence-corrected chi connectivity index (χ2v) is 4.60. The van der Waals surface area contributed by atoms with E-state index in [0.717, 1.165) is 18.5 Å². The minimum Gasteiger partial charge on any atom is -0.389 e. The maximum atomic E-state index is 9.80. The summed E-state index contributed by atoms with van der Waals surface area (Å²) in [5, 5.41) is 13.0. The maximum absolute atomic E-state index is 9.80. The van der Waals surface area contributed by atoms with Crippen LogP contribution in [0, 0.1) is 0 Å². The van der Waals surface area contributed by atoms with E-state index in [1.807, 2.05) is 50.3 Å². The number of rotatable bonds is 9. The summed E-state index contributed by atoms with van der Waals surface area (Å²) in [7, 11) is 0. The van der Waals surface area contributed by atoms with Gasteiger partial charge in [0.15, 0.2) is 0 Å². The van der Waals surface area contributed by atoms with Crippen molar-refractivity contribution in [3.05, 3.63) is 48.0 Å². The molecule has 19 heavy (non-hydrogen) atoms. The van der Waals surface area contributed by atoms with E-state index in [2.05, 4.69) is 11.4 Å². The lowest BCUT2D eigenvalue weighted by atomic mass is 10.1. The fraction of sp³-hybridized carbons (Fsp3) is 0.500. The van der Waals surface area contributed by atoms with Gasteiger partial charge >= 0.3 is 0 Å². The normalized spacial score (nSPS) is 14.7. The second kappa shape index (κ2) is 9.73. The molecule has 0 amide bonds. The predicted molar refractivity (Wildman–Crippen MR) is 79.1 cm³/mol. The van der Waals surface area contributed by atoms with Gasteiger partial charge in [-0.05, 0) is 32.4 Å². The smallest absolute Gasteiger partial charge is 0.0897 e. The molecule has 1 rings (SSSR count). The number of allylic oxidation sites excluding steroid dienone is 1. The third-order valence-corrected chi connectivity index (χ3v) is 2.91. The van der Waals surface area contributed by atoms with Gasteiger partial charge in [0.2, 0.25) is 0 Å². The first-order valence-corrected chi connectivity index (χ1v) is 6.90. The number of nitrogens with one attached hydrogen (secondary N) is 1. The van der Waals surface area contributed by atoms with E-state index in [4.69, 9.17) is 4.74 Å². The Morgan fingerprint density at radius 3 is 2.74 bits per heavy atom. The van der Waals surface area contributed by atoms with Crippen molar-refractivity contribution in [3.63, 3.8) is 0 Å². The number of aliphatic hydroxyl groups is 1. The van der Waals surface area contributed by atoms with E-state index in [-0.39, 0.29) is 6.10 Å². The Bertz CT molecular complexity index is 351. The van der Waals surface area contributed by atoms with Gasteiger partial charge in [-0.3, -0.25) is 0 Å². The molecule has 0 fully saturated rings. The fourth-order valence-electron chi connectivity index (χ4n) is 1.76. The van der Waals surface area contributed by atoms with Crippen LogP contribution in [0.15, 0.2) is 42.5 Å². The monoisotopic (exact) mass is 263 g/mol. The number of hydrogen-bond acceptors (Lipinski definition) is 3. The van der Waals surface area contributed by atoms with E-state index in [9.17, 15) is 5.11 Å². The molecule has 3 nitrogen and oxygen atoms in total. The molecule has 0 bridgehead atoms. The highest BCUT2D eigenvalue weighted by Gasteiger charge is 2.09. The highest BCUT2D eigenvalue weighted by molar-refractivity contribution is 5.16. The molecule has 0 aliphatic rings. The maximum Gasteiger partial charge on any atom is 0.0897 e. The molecule has 2 atom stereocenters. The van der Waals surface area contributed by atoms with Crippen LogP contribution in [0.25, 0.3) is 0 Å². The third kappa shape index (κ3) is 7.11. The van der Waals surface area contributed by atoms with E-state index >= 15 is 0 Å². The lowest BCUT2D eigenvalue weighted by molar-refractivity contribution is -0.00190. The molecule has 2 N–H and O–H groups in total. The van der Waals surface area contributed by atoms with Crippen molar-refractivity contribution in [2.45, 2.75) is 32.5 Å². The van der Waals surface area contributed by atoms with Crippen molar-refractivity contribution in [2.24, 2.45) is 0 Å². The Kier molecular flexibility index (Phi) is 8.14. The van der Waals surface area contributed by atoms with Crippen molar-refractivity contribution >= 4 is 0 Å². The molecule has 0 saturated heterocycles. The molecule has 1 aromatic rings. The van der Waals surface area contributed by atoms with E-state index in [1.54, 1.807) is 0 Å². The average molecular weight is 263 g/mol. The van der Waals surface area contributed by atoms with Crippen LogP contribution in [0.5, 0.6) is 0 Å². The quantitative estimate of drug-likeness (QED) is 0.531. The molecule has 0 spiro atoms. The molecule has 0 aliphatic heterocycles. The molecule has 106 valence electrons. The number of hydrogen-bond donors (Lipinski definition) is 2. The highest BCUT2D eigenvalue weighted by Crippen LogP contribution is 2.15. The second-order valence-electron chi connectivity index (χ2n) is 4.60. The van der Waals surface area contributed by atoms with Crippen molar-refractivity contribution in [2.75, 3.05) is 19.7 Å². The van der Waals surface area contributed by atoms with Crippen molar-refractivity contribution in [3.8, 4) is 0 Å². The van der Waals surface area contributed by atoms with Crippen molar-refractivity contribution in [1.29, 1.82) is 0 Å². The van der Waals surface area contributed by atoms with Gasteiger partial charge in [0.05, 0.1) is 18.8 Å². The largest absolute Gasteiger partial charge is 0.389 e. The SMILES string of the molecule is C/C=C/CCNCC(O)COC(C)c1ccccc1. The van der Waals surface area contributed by atoms with Gasteiger partial charge in [-0.25, -0.2) is 0 Å². The fourth-order valence-corrected chi connectivity index (χ4v) is 1.76. The van der Waals surface area contributed by atoms with Crippen LogP contribution in [0.3, 0.4) is 0 Å². The van der Waals surface area contributed by atoms with Crippen molar-refractivity contribution < 1.29 is 9.84 Å². The van der Waals surface area contributed by atoms with Gasteiger partial charge in [-0.15, -0.1) is 0 Å². The zero-order valence-corrected chi connectivity index (χ0v) is 11.9. The summed E-state index contributed by atoms with van der Waals surface area (Å²) in [6.45, 7) is 5.82. The molecule has 0 aromatic heterocycles. The topological polar surface area (TPSA) is 41.5 Å². The number of benzene rings is 1. The molecule has 3 heteroatoms. The summed E-state index contributed by atoms with van der Waals surface area (Å²) in [6, 6.07) is 10.0. The van der Waals surface area contributed by atoms with E-state index in [0.29, 0.717) is 13.2 Å². The molecule has 0 aliphatic carbocycles. The molecule has 0 radical (unpaired) electrons. The van der Waals surface area contributed by atoms with Crippen LogP contribution in [0.1, 0.15) is 31.9 Å². The summed E-state index contributed by atoms with van der Waals surface area (Å²) in [5.41, 5.74) is 1.13. The van der Waals surface area contributed by atoms with E-state index in [1.165, 1.54) is 0 Å². The first kappa shape index (κ1) is 15.9. The van der Waals surface area contributed by atoms with Crippen LogP contribution < -0.4 is 5.32 Å². The van der Waals surface area contributed by atoms with Gasteiger partial charge < -0.3 is 15.2 Å². The number of aliphatic hydroxyl groups excluding tert-OH is 1. The summed E-state index contributed by atoms with van der Waals surface area (Å²) in [5.74, 6) is 0. The average Bonchev–Trinajstić information content (AvgIpc) is 2.45. The summed E-state index contributed by atoms with van der Waals surface area (Å²) >= 11 is 0. The first-order valence-electron chi connectivity index (χ1n) is 6.90. The van der Waals surface area contributed by atoms with Crippen LogP contribution in [0.4, 0.5) is 0 Å². The Balaban J connectivity index is 2.14. The van der Waals surface area contributed by atoms with Gasteiger partial charge in [-0.2, -0.15) is 0 Å². The first-order chi connectivity index (χ1) is 9.24.